The lowest BCUT2D eigenvalue weighted by Gasteiger charge is -2.30. The maximum absolute atomic E-state index is 13.6. The van der Waals surface area contributed by atoms with Gasteiger partial charge in [-0.1, -0.05) is 35.9 Å². The molecule has 0 bridgehead atoms. The number of rotatable bonds is 4. The minimum atomic E-state index is -0.248. The van der Waals surface area contributed by atoms with E-state index in [4.69, 9.17) is 17.3 Å². The van der Waals surface area contributed by atoms with Crippen LogP contribution in [0.25, 0.3) is 0 Å². The van der Waals surface area contributed by atoms with Gasteiger partial charge in [0.05, 0.1) is 22.4 Å². The highest BCUT2D eigenvalue weighted by atomic mass is 35.5. The molecule has 6 nitrogen and oxygen atoms in total. The first-order valence-electron chi connectivity index (χ1n) is 10.6. The van der Waals surface area contributed by atoms with E-state index in [1.165, 1.54) is 11.6 Å². The summed E-state index contributed by atoms with van der Waals surface area (Å²) in [5.41, 5.74) is 12.7. The van der Waals surface area contributed by atoms with Crippen LogP contribution >= 0.6 is 11.6 Å². The number of nitrogens with one attached hydrogen (secondary N) is 1. The summed E-state index contributed by atoms with van der Waals surface area (Å²) in [5.74, 6) is -0.505. The number of anilines is 3. The van der Waals surface area contributed by atoms with E-state index in [0.717, 1.165) is 12.1 Å². The molecule has 5 rings (SSSR count). The molecule has 2 aromatic rings. The molecule has 32 heavy (non-hydrogen) atoms. The number of hydrazone groups is 1. The first-order valence-corrected chi connectivity index (χ1v) is 11.0. The summed E-state index contributed by atoms with van der Waals surface area (Å²) in [6.07, 6.45) is 6.70. The van der Waals surface area contributed by atoms with Crippen molar-refractivity contribution in [3.8, 4) is 0 Å². The lowest BCUT2D eigenvalue weighted by molar-refractivity contribution is -0.115. The maximum atomic E-state index is 13.6. The van der Waals surface area contributed by atoms with Crippen LogP contribution in [0.5, 0.6) is 0 Å². The minimum Gasteiger partial charge on any atom is -0.399 e. The zero-order chi connectivity index (χ0) is 22.2. The largest absolute Gasteiger partial charge is 0.399 e. The van der Waals surface area contributed by atoms with Crippen LogP contribution in [0.1, 0.15) is 18.4 Å². The molecule has 2 aromatic carbocycles. The van der Waals surface area contributed by atoms with Crippen molar-refractivity contribution in [2.75, 3.05) is 22.3 Å². The van der Waals surface area contributed by atoms with Gasteiger partial charge >= 0.3 is 0 Å². The first kappa shape index (κ1) is 20.6. The summed E-state index contributed by atoms with van der Waals surface area (Å²) < 4.78 is 13.6. The van der Waals surface area contributed by atoms with Gasteiger partial charge in [-0.3, -0.25) is 20.2 Å². The Morgan fingerprint density at radius 2 is 2.06 bits per heavy atom. The Morgan fingerprint density at radius 3 is 2.84 bits per heavy atom. The van der Waals surface area contributed by atoms with E-state index in [-0.39, 0.29) is 23.7 Å². The fourth-order valence-corrected chi connectivity index (χ4v) is 4.76. The molecule has 2 heterocycles. The predicted octanol–water partition coefficient (Wildman–Crippen LogP) is 4.38. The lowest BCUT2D eigenvalue weighted by Crippen LogP contribution is -2.44. The molecule has 0 aromatic heterocycles. The molecule has 0 spiro atoms. The van der Waals surface area contributed by atoms with Crippen molar-refractivity contribution in [3.05, 3.63) is 77.1 Å². The Bertz CT molecular complexity index is 1160. The number of hydrogen-bond donors (Lipinski definition) is 2. The third-order valence-corrected chi connectivity index (χ3v) is 6.43. The van der Waals surface area contributed by atoms with Crippen LogP contribution in [0.15, 0.2) is 71.6 Å². The number of nitrogen functional groups attached to an aromatic ring is 1. The number of carbonyl (C=O) groups is 1. The van der Waals surface area contributed by atoms with E-state index in [2.05, 4.69) is 16.6 Å². The van der Waals surface area contributed by atoms with Crippen LogP contribution in [-0.2, 0) is 11.2 Å². The molecule has 0 saturated heterocycles. The third-order valence-electron chi connectivity index (χ3n) is 6.13. The highest BCUT2D eigenvalue weighted by molar-refractivity contribution is 6.40. The number of halogens is 2. The van der Waals surface area contributed by atoms with Crippen LogP contribution in [-0.4, -0.2) is 24.2 Å². The van der Waals surface area contributed by atoms with E-state index in [1.54, 1.807) is 29.3 Å². The number of hydrogen-bond acceptors (Lipinski definition) is 5. The Balaban J connectivity index is 1.41. The van der Waals surface area contributed by atoms with Crippen molar-refractivity contribution in [2.24, 2.45) is 11.0 Å². The number of nitrogens with two attached hydrogens (primary N) is 1. The molecule has 3 aliphatic rings. The monoisotopic (exact) mass is 451 g/mol. The molecule has 2 aliphatic heterocycles. The molecule has 2 unspecified atom stereocenters. The number of allylic oxidation sites excluding steroid dienone is 3. The Kier molecular flexibility index (Phi) is 5.35. The second-order valence-corrected chi connectivity index (χ2v) is 8.60. The Morgan fingerprint density at radius 1 is 1.22 bits per heavy atom. The van der Waals surface area contributed by atoms with Gasteiger partial charge in [0.25, 0.3) is 5.91 Å². The zero-order valence-electron chi connectivity index (χ0n) is 17.3. The quantitative estimate of drug-likeness (QED) is 0.676. The number of carbonyl (C=O) groups excluding carboxylic acids is 1. The zero-order valence-corrected chi connectivity index (χ0v) is 18.1. The van der Waals surface area contributed by atoms with Gasteiger partial charge in [0.2, 0.25) is 0 Å². The minimum absolute atomic E-state index is 0.00955. The molecule has 8 heteroatoms. The molecule has 164 valence electrons. The van der Waals surface area contributed by atoms with Crippen LogP contribution < -0.4 is 21.2 Å². The number of nitrogens with zero attached hydrogens (tertiary/aromatic N) is 3. The van der Waals surface area contributed by atoms with Crippen molar-refractivity contribution >= 4 is 40.3 Å². The van der Waals surface area contributed by atoms with Gasteiger partial charge in [0, 0.05) is 24.6 Å². The molecule has 3 N–H and O–H groups in total. The van der Waals surface area contributed by atoms with Crippen LogP contribution in [0.2, 0.25) is 5.02 Å². The van der Waals surface area contributed by atoms with Crippen molar-refractivity contribution < 1.29 is 9.18 Å². The fourth-order valence-electron chi connectivity index (χ4n) is 4.48. The molecule has 2 atom stereocenters. The van der Waals surface area contributed by atoms with E-state index in [0.29, 0.717) is 41.5 Å². The number of fused-ring (bicyclic) bond motifs is 1. The summed E-state index contributed by atoms with van der Waals surface area (Å²) in [7, 11) is 0. The number of hydrazine groups is 1. The van der Waals surface area contributed by atoms with Crippen molar-refractivity contribution in [1.29, 1.82) is 0 Å². The van der Waals surface area contributed by atoms with Crippen molar-refractivity contribution in [3.63, 3.8) is 0 Å². The molecule has 0 fully saturated rings. The van der Waals surface area contributed by atoms with Gasteiger partial charge in [0.1, 0.15) is 11.5 Å². The summed E-state index contributed by atoms with van der Waals surface area (Å²) in [5, 5.41) is 8.76. The predicted molar refractivity (Wildman–Crippen MR) is 126 cm³/mol. The molecule has 0 radical (unpaired) electrons. The number of benzene rings is 2. The average molecular weight is 452 g/mol. The van der Waals surface area contributed by atoms with E-state index in [9.17, 15) is 9.18 Å². The highest BCUT2D eigenvalue weighted by Gasteiger charge is 2.37. The Labute approximate surface area is 190 Å². The summed E-state index contributed by atoms with van der Waals surface area (Å²) in [6, 6.07) is 13.1. The van der Waals surface area contributed by atoms with E-state index < -0.39 is 0 Å². The fraction of sp³-hybridized carbons (Fsp3) is 0.250. The van der Waals surface area contributed by atoms with E-state index in [1.807, 2.05) is 29.3 Å². The number of amides is 1. The molecule has 1 aliphatic carbocycles. The SMILES string of the molecule is Nc1ccc(N2N=C(C(=O)NN3CCc4ccccc43)CC2C2C=CC(F)=CC2)c(Cl)c1. The summed E-state index contributed by atoms with van der Waals surface area (Å²) in [6.45, 7) is 0.713. The normalized spacial score (nSPS) is 21.9. The Hall–Kier alpha value is -3.32. The van der Waals surface area contributed by atoms with Crippen molar-refractivity contribution in [1.82, 2.24) is 5.43 Å². The third kappa shape index (κ3) is 3.84. The van der Waals surface area contributed by atoms with Gasteiger partial charge < -0.3 is 5.73 Å². The highest BCUT2D eigenvalue weighted by Crippen LogP contribution is 2.37. The van der Waals surface area contributed by atoms with Gasteiger partial charge in [-0.15, -0.1) is 0 Å². The second kappa shape index (κ2) is 8.31. The van der Waals surface area contributed by atoms with Crippen LogP contribution in [0.4, 0.5) is 21.5 Å². The maximum Gasteiger partial charge on any atom is 0.286 e. The second-order valence-electron chi connectivity index (χ2n) is 8.19. The van der Waals surface area contributed by atoms with Gasteiger partial charge in [-0.25, -0.2) is 4.39 Å². The summed E-state index contributed by atoms with van der Waals surface area (Å²) in [4.78, 5) is 13.2. The van der Waals surface area contributed by atoms with Gasteiger partial charge in [-0.05, 0) is 54.8 Å². The average Bonchev–Trinajstić information content (AvgIpc) is 3.39. The number of para-hydroxylation sites is 1. The molecule has 1 amide bonds. The van der Waals surface area contributed by atoms with Crippen LogP contribution in [0, 0.1) is 5.92 Å². The standard InChI is InChI=1S/C24H23ClFN5O/c25-19-13-18(27)9-10-22(19)31-23(16-5-7-17(26)8-6-16)14-20(28-31)24(32)29-30-12-11-15-3-1-2-4-21(15)30/h1-5,7-10,13,16,23H,6,11-12,14,27H2,(H,29,32). The topological polar surface area (TPSA) is 74.0 Å². The van der Waals surface area contributed by atoms with Crippen molar-refractivity contribution in [2.45, 2.75) is 25.3 Å². The van der Waals surface area contributed by atoms with Gasteiger partial charge in [0.15, 0.2) is 0 Å². The lowest BCUT2D eigenvalue weighted by atomic mass is 9.89. The smallest absolute Gasteiger partial charge is 0.286 e. The van der Waals surface area contributed by atoms with Crippen LogP contribution in [0.3, 0.4) is 0 Å². The molecule has 0 saturated carbocycles. The molecular formula is C24H23ClFN5O. The first-order chi connectivity index (χ1) is 15.5. The van der Waals surface area contributed by atoms with Gasteiger partial charge in [-0.2, -0.15) is 5.10 Å². The summed E-state index contributed by atoms with van der Waals surface area (Å²) >= 11 is 6.47. The van der Waals surface area contributed by atoms with E-state index >= 15 is 0 Å². The molecular weight excluding hydrogens is 429 g/mol.